The predicted molar refractivity (Wildman–Crippen MR) is 237 cm³/mol. The molecule has 4 aliphatic heterocycles. The Kier molecular flexibility index (Phi) is 15.9. The Morgan fingerprint density at radius 1 is 0.667 bits per heavy atom. The molecule has 21 nitrogen and oxygen atoms in total. The van der Waals surface area contributed by atoms with Crippen LogP contribution in [0, 0.1) is 16.7 Å². The van der Waals surface area contributed by atoms with Crippen molar-refractivity contribution in [2.75, 3.05) is 27.9 Å². The molecule has 0 spiro atoms. The van der Waals surface area contributed by atoms with E-state index in [-0.39, 0.29) is 38.2 Å². The lowest BCUT2D eigenvalue weighted by Gasteiger charge is -2.67. The molecule has 0 aromatic carbocycles. The molecule has 69 heavy (non-hydrogen) atoms. The van der Waals surface area contributed by atoms with Crippen LogP contribution >= 0.6 is 0 Å². The lowest BCUT2D eigenvalue weighted by atomic mass is 9.42. The quantitative estimate of drug-likeness (QED) is 0.0993. The summed E-state index contributed by atoms with van der Waals surface area (Å²) in [5.74, 6) is -0.496. The van der Waals surface area contributed by atoms with Gasteiger partial charge in [-0.05, 0) is 78.1 Å². The van der Waals surface area contributed by atoms with Gasteiger partial charge in [0, 0.05) is 40.1 Å². The summed E-state index contributed by atoms with van der Waals surface area (Å²) < 4.78 is 67.6. The summed E-state index contributed by atoms with van der Waals surface area (Å²) in [5.41, 5.74) is -6.24. The van der Waals surface area contributed by atoms with Crippen LogP contribution in [0.4, 0.5) is 0 Å². The van der Waals surface area contributed by atoms with E-state index >= 15 is 0 Å². The predicted octanol–water partition coefficient (Wildman–Crippen LogP) is -0.977. The fraction of sp³-hybridized carbons (Fsp3) is 0.958. The Bertz CT molecular complexity index is 1790. The van der Waals surface area contributed by atoms with Crippen molar-refractivity contribution in [3.63, 3.8) is 0 Å². The van der Waals surface area contributed by atoms with Gasteiger partial charge >= 0.3 is 0 Å². The molecule has 3 saturated carbocycles. The molecule has 0 radical (unpaired) electrons. The molecular weight excluding hydrogens is 913 g/mol. The Labute approximate surface area is 403 Å². The highest BCUT2D eigenvalue weighted by molar-refractivity contribution is 5.36. The molecule has 10 N–H and O–H groups in total. The minimum Gasteiger partial charge on any atom is -0.394 e. The molecular formula is C48H80O21. The number of hydrogen-bond donors (Lipinski definition) is 10. The van der Waals surface area contributed by atoms with Crippen molar-refractivity contribution in [1.29, 1.82) is 0 Å². The van der Waals surface area contributed by atoms with Crippen LogP contribution in [0.25, 0.3) is 0 Å². The minimum atomic E-state index is -1.83. The number of rotatable bonds is 13. The van der Waals surface area contributed by atoms with Gasteiger partial charge < -0.3 is 103 Å². The van der Waals surface area contributed by atoms with Gasteiger partial charge in [0.15, 0.2) is 25.2 Å². The van der Waals surface area contributed by atoms with E-state index in [0.29, 0.717) is 25.7 Å². The van der Waals surface area contributed by atoms with Crippen molar-refractivity contribution in [3.05, 3.63) is 11.6 Å². The van der Waals surface area contributed by atoms with Crippen LogP contribution in [-0.2, 0) is 52.1 Å². The van der Waals surface area contributed by atoms with Crippen molar-refractivity contribution in [3.8, 4) is 0 Å². The van der Waals surface area contributed by atoms with E-state index < -0.39 is 163 Å². The maximum absolute atomic E-state index is 12.6. The molecule has 21 heteroatoms. The highest BCUT2D eigenvalue weighted by Gasteiger charge is 2.80. The summed E-state index contributed by atoms with van der Waals surface area (Å²) in [6.07, 6.45) is -15.7. The zero-order chi connectivity index (χ0) is 50.3. The number of ether oxygens (including phenoxy) is 11. The van der Waals surface area contributed by atoms with Gasteiger partial charge in [0.2, 0.25) is 0 Å². The van der Waals surface area contributed by atoms with Gasteiger partial charge in [0.25, 0.3) is 0 Å². The molecule has 7 fully saturated rings. The Hall–Kier alpha value is -1.10. The first-order chi connectivity index (χ1) is 32.5. The first-order valence-corrected chi connectivity index (χ1v) is 24.8. The average Bonchev–Trinajstić information content (AvgIpc) is 3.55. The highest BCUT2D eigenvalue weighted by atomic mass is 16.8. The second kappa shape index (κ2) is 20.2. The van der Waals surface area contributed by atoms with Gasteiger partial charge in [-0.1, -0.05) is 25.5 Å². The van der Waals surface area contributed by atoms with Crippen molar-refractivity contribution in [2.24, 2.45) is 16.7 Å². The van der Waals surface area contributed by atoms with Crippen LogP contribution in [0.5, 0.6) is 0 Å². The second-order valence-electron chi connectivity index (χ2n) is 21.7. The normalized spacial score (nSPS) is 55.1. The molecule has 4 saturated heterocycles. The Balaban J connectivity index is 0.859. The molecule has 0 aromatic rings. The van der Waals surface area contributed by atoms with E-state index in [4.69, 9.17) is 52.1 Å². The van der Waals surface area contributed by atoms with Gasteiger partial charge in [0.1, 0.15) is 71.7 Å². The molecule has 0 aromatic heterocycles. The van der Waals surface area contributed by atoms with Gasteiger partial charge in [-0.3, -0.25) is 0 Å². The third-order valence-corrected chi connectivity index (χ3v) is 18.3. The maximum atomic E-state index is 12.6. The Morgan fingerprint density at radius 2 is 1.25 bits per heavy atom. The third-order valence-electron chi connectivity index (χ3n) is 18.3. The number of aliphatic hydroxyl groups excluding tert-OH is 7. The van der Waals surface area contributed by atoms with E-state index in [0.717, 1.165) is 5.57 Å². The largest absolute Gasteiger partial charge is 0.394 e. The minimum absolute atomic E-state index is 0.0481. The number of fused-ring (bicyclic) bond motifs is 5. The number of methoxy groups -OCH3 is 3. The van der Waals surface area contributed by atoms with Crippen molar-refractivity contribution in [1.82, 2.24) is 0 Å². The SMILES string of the molecule is CO[C@H]1[C@@H](O)[C@H](O[C@H]2[C@@H](OC)C[C@H](O[C@H]3[C@@H](OC)C[C@H](O[C@H]4CC[C@@]5(C)C(=CC[C@]6(O)[C@@H]5C[C@@H](O)[C@@]5(C)[C@]6(O)CC[C@@]5(O)[C@H](C)O)C4)O[C@@H]3C)O[C@@H]2C)O[C@H](C)[C@H]1O[C@@H]1O[C@H](CO)[C@@H](O)[C@H](O)[C@H]1O. The van der Waals surface area contributed by atoms with E-state index in [9.17, 15) is 51.1 Å². The monoisotopic (exact) mass is 993 g/mol. The van der Waals surface area contributed by atoms with Gasteiger partial charge in [-0.2, -0.15) is 0 Å². The fourth-order valence-corrected chi connectivity index (χ4v) is 13.9. The van der Waals surface area contributed by atoms with E-state index in [1.807, 2.05) is 13.0 Å². The van der Waals surface area contributed by atoms with Crippen molar-refractivity contribution in [2.45, 2.75) is 245 Å². The van der Waals surface area contributed by atoms with Crippen LogP contribution in [0.15, 0.2) is 11.6 Å². The number of aliphatic hydroxyl groups is 10. The number of hydrogen-bond acceptors (Lipinski definition) is 21. The van der Waals surface area contributed by atoms with Crippen LogP contribution in [0.2, 0.25) is 0 Å². The summed E-state index contributed by atoms with van der Waals surface area (Å²) in [6.45, 7) is 9.84. The maximum Gasteiger partial charge on any atom is 0.187 e. The topological polar surface area (TPSA) is 304 Å². The van der Waals surface area contributed by atoms with Crippen LogP contribution < -0.4 is 0 Å². The third kappa shape index (κ3) is 8.80. The van der Waals surface area contributed by atoms with Crippen LogP contribution in [0.1, 0.15) is 99.3 Å². The first kappa shape index (κ1) is 54.2. The van der Waals surface area contributed by atoms with Crippen LogP contribution in [0.3, 0.4) is 0 Å². The molecule has 0 amide bonds. The molecule has 8 aliphatic rings. The lowest BCUT2D eigenvalue weighted by Crippen LogP contribution is -2.78. The van der Waals surface area contributed by atoms with Crippen molar-refractivity contribution >= 4 is 0 Å². The molecule has 4 aliphatic carbocycles. The van der Waals surface area contributed by atoms with E-state index in [1.165, 1.54) is 21.1 Å². The summed E-state index contributed by atoms with van der Waals surface area (Å²) in [4.78, 5) is 0. The Morgan fingerprint density at radius 3 is 1.84 bits per heavy atom. The van der Waals surface area contributed by atoms with Gasteiger partial charge in [0.05, 0.1) is 60.9 Å². The standard InChI is InChI=1S/C48H80O21/c1-21-38(67-33-18-28(60-8)39(22(2)63-33)68-43-37(55)41(61-9)40(23(3)64-43)69-42-36(54)35(53)34(52)29(20-49)66-42)27(59-7)17-32(62-21)65-26-11-12-44(5)25(16-26)10-13-47(57)30(44)19-31(51)45(6)46(56,24(4)50)14-15-48(45,47)58/h10,21-24,26-43,49-58H,11-20H2,1-9H3/t21-,22-,23-,24+,26+,27+,28+,29-,30-,31-,32+,33+,34-,35+,36-,37-,38-,39-,40-,41+,42+,43+,44+,45-,46-,47+,48-/m1/s1. The molecule has 0 unspecified atom stereocenters. The van der Waals surface area contributed by atoms with E-state index in [1.54, 1.807) is 27.9 Å². The summed E-state index contributed by atoms with van der Waals surface area (Å²) >= 11 is 0. The molecule has 27 atom stereocenters. The van der Waals surface area contributed by atoms with E-state index in [2.05, 4.69) is 6.92 Å². The zero-order valence-corrected chi connectivity index (χ0v) is 41.3. The summed E-state index contributed by atoms with van der Waals surface area (Å²) in [6, 6.07) is 0. The lowest BCUT2D eigenvalue weighted by molar-refractivity contribution is -0.373. The van der Waals surface area contributed by atoms with Crippen molar-refractivity contribution < 1.29 is 103 Å². The molecule has 398 valence electrons. The highest BCUT2D eigenvalue weighted by Crippen LogP contribution is 2.70. The molecule has 4 heterocycles. The van der Waals surface area contributed by atoms with Crippen LogP contribution in [-0.4, -0.2) is 225 Å². The zero-order valence-electron chi connectivity index (χ0n) is 41.3. The summed E-state index contributed by atoms with van der Waals surface area (Å²) in [7, 11) is 4.50. The van der Waals surface area contributed by atoms with Gasteiger partial charge in [-0.15, -0.1) is 0 Å². The fourth-order valence-electron chi connectivity index (χ4n) is 13.9. The summed E-state index contributed by atoms with van der Waals surface area (Å²) in [5, 5.41) is 111. The average molecular weight is 993 g/mol. The second-order valence-corrected chi connectivity index (χ2v) is 21.7. The molecule has 0 bridgehead atoms. The van der Waals surface area contributed by atoms with Gasteiger partial charge in [-0.25, -0.2) is 0 Å². The molecule has 8 rings (SSSR count). The smallest absolute Gasteiger partial charge is 0.187 e. The first-order valence-electron chi connectivity index (χ1n) is 24.8.